The Morgan fingerprint density at radius 3 is 2.58 bits per heavy atom. The second-order valence-corrected chi connectivity index (χ2v) is 7.46. The highest BCUT2D eigenvalue weighted by atomic mass is 35.5. The number of ether oxygens (including phenoxy) is 2. The van der Waals surface area contributed by atoms with Crippen LogP contribution in [-0.2, 0) is 17.9 Å². The summed E-state index contributed by atoms with van der Waals surface area (Å²) in [4.78, 5) is 12.3. The Kier molecular flexibility index (Phi) is 7.57. The molecule has 2 heterocycles. The largest absolute Gasteiger partial charge is 0.490 e. The SMILES string of the molecule is CCOc1ccc(Cn2cc(NC(=O)CCn3nc(C)c(Cl)c3C)cn2)cc1OCC. The molecule has 0 aliphatic heterocycles. The molecule has 8 nitrogen and oxygen atoms in total. The number of nitrogens with one attached hydrogen (secondary N) is 1. The highest BCUT2D eigenvalue weighted by Gasteiger charge is 2.12. The number of carbonyl (C=O) groups excluding carboxylic acids is 1. The third kappa shape index (κ3) is 5.79. The second kappa shape index (κ2) is 10.3. The summed E-state index contributed by atoms with van der Waals surface area (Å²) in [5, 5.41) is 12.2. The lowest BCUT2D eigenvalue weighted by molar-refractivity contribution is -0.116. The minimum atomic E-state index is -0.108. The fourth-order valence-corrected chi connectivity index (χ4v) is 3.35. The fourth-order valence-electron chi connectivity index (χ4n) is 3.22. The average Bonchev–Trinajstić information content (AvgIpc) is 3.27. The molecule has 2 aromatic heterocycles. The van der Waals surface area contributed by atoms with Gasteiger partial charge < -0.3 is 14.8 Å². The molecule has 0 fully saturated rings. The topological polar surface area (TPSA) is 83.2 Å². The predicted octanol–water partition coefficient (Wildman–Crippen LogP) is 4.22. The summed E-state index contributed by atoms with van der Waals surface area (Å²) in [6.45, 7) is 9.77. The van der Waals surface area contributed by atoms with Gasteiger partial charge in [-0.2, -0.15) is 10.2 Å². The molecule has 3 rings (SSSR count). The second-order valence-electron chi connectivity index (χ2n) is 7.08. The molecule has 1 N–H and O–H groups in total. The van der Waals surface area contributed by atoms with Gasteiger partial charge in [0.25, 0.3) is 0 Å². The number of hydrogen-bond acceptors (Lipinski definition) is 5. The van der Waals surface area contributed by atoms with Crippen molar-refractivity contribution in [2.45, 2.75) is 47.2 Å². The third-order valence-electron chi connectivity index (χ3n) is 4.71. The van der Waals surface area contributed by atoms with Gasteiger partial charge in [-0.3, -0.25) is 14.2 Å². The molecule has 1 aromatic carbocycles. The first kappa shape index (κ1) is 22.7. The van der Waals surface area contributed by atoms with E-state index in [4.69, 9.17) is 21.1 Å². The number of nitrogens with zero attached hydrogens (tertiary/aromatic N) is 4. The van der Waals surface area contributed by atoms with E-state index in [-0.39, 0.29) is 5.91 Å². The van der Waals surface area contributed by atoms with Gasteiger partial charge in [-0.1, -0.05) is 17.7 Å². The van der Waals surface area contributed by atoms with Crippen molar-refractivity contribution in [1.82, 2.24) is 19.6 Å². The maximum Gasteiger partial charge on any atom is 0.226 e. The molecule has 0 bridgehead atoms. The molecule has 1 amide bonds. The summed E-state index contributed by atoms with van der Waals surface area (Å²) in [5.41, 5.74) is 3.30. The van der Waals surface area contributed by atoms with E-state index in [1.807, 2.05) is 45.9 Å². The number of anilines is 1. The van der Waals surface area contributed by atoms with E-state index in [9.17, 15) is 4.79 Å². The third-order valence-corrected chi connectivity index (χ3v) is 5.26. The maximum absolute atomic E-state index is 12.3. The van der Waals surface area contributed by atoms with Crippen LogP contribution in [0.3, 0.4) is 0 Å². The van der Waals surface area contributed by atoms with Crippen LogP contribution in [0, 0.1) is 13.8 Å². The van der Waals surface area contributed by atoms with Crippen molar-refractivity contribution in [2.75, 3.05) is 18.5 Å². The number of hydrogen-bond donors (Lipinski definition) is 1. The lowest BCUT2D eigenvalue weighted by atomic mass is 10.2. The Morgan fingerprint density at radius 2 is 1.90 bits per heavy atom. The zero-order valence-corrected chi connectivity index (χ0v) is 19.1. The Labute approximate surface area is 187 Å². The first-order valence-corrected chi connectivity index (χ1v) is 10.7. The van der Waals surface area contributed by atoms with Crippen LogP contribution in [0.2, 0.25) is 5.02 Å². The first-order chi connectivity index (χ1) is 14.9. The van der Waals surface area contributed by atoms with Crippen molar-refractivity contribution in [3.05, 3.63) is 52.6 Å². The van der Waals surface area contributed by atoms with E-state index in [0.717, 1.165) is 22.7 Å². The summed E-state index contributed by atoms with van der Waals surface area (Å²) >= 11 is 6.15. The summed E-state index contributed by atoms with van der Waals surface area (Å²) < 4.78 is 14.8. The van der Waals surface area contributed by atoms with Crippen LogP contribution < -0.4 is 14.8 Å². The molecular weight excluding hydrogens is 418 g/mol. The molecule has 0 saturated heterocycles. The molecule has 0 aliphatic carbocycles. The van der Waals surface area contributed by atoms with Gasteiger partial charge in [0.15, 0.2) is 11.5 Å². The first-order valence-electron chi connectivity index (χ1n) is 10.3. The molecule has 0 spiro atoms. The number of aryl methyl sites for hydroxylation is 2. The highest BCUT2D eigenvalue weighted by molar-refractivity contribution is 6.31. The lowest BCUT2D eigenvalue weighted by Crippen LogP contribution is -2.15. The monoisotopic (exact) mass is 445 g/mol. The Hall–Kier alpha value is -3.00. The summed E-state index contributed by atoms with van der Waals surface area (Å²) in [7, 11) is 0. The summed E-state index contributed by atoms with van der Waals surface area (Å²) in [5.74, 6) is 1.33. The molecule has 0 saturated carbocycles. The van der Waals surface area contributed by atoms with Crippen molar-refractivity contribution in [3.63, 3.8) is 0 Å². The molecule has 31 heavy (non-hydrogen) atoms. The fraction of sp³-hybridized carbons (Fsp3) is 0.409. The lowest BCUT2D eigenvalue weighted by Gasteiger charge is -2.12. The van der Waals surface area contributed by atoms with Crippen LogP contribution in [0.15, 0.2) is 30.6 Å². The van der Waals surface area contributed by atoms with E-state index >= 15 is 0 Å². The van der Waals surface area contributed by atoms with Gasteiger partial charge >= 0.3 is 0 Å². The van der Waals surface area contributed by atoms with E-state index in [1.54, 1.807) is 21.8 Å². The average molecular weight is 446 g/mol. The Bertz CT molecular complexity index is 1040. The number of halogens is 1. The van der Waals surface area contributed by atoms with Crippen LogP contribution in [0.1, 0.15) is 37.2 Å². The Morgan fingerprint density at radius 1 is 1.16 bits per heavy atom. The number of amides is 1. The zero-order chi connectivity index (χ0) is 22.4. The minimum Gasteiger partial charge on any atom is -0.490 e. The molecule has 0 unspecified atom stereocenters. The molecule has 166 valence electrons. The number of benzene rings is 1. The number of carbonyl (C=O) groups is 1. The molecule has 9 heteroatoms. The predicted molar refractivity (Wildman–Crippen MR) is 120 cm³/mol. The van der Waals surface area contributed by atoms with Crippen molar-refractivity contribution in [3.8, 4) is 11.5 Å². The number of aromatic nitrogens is 4. The van der Waals surface area contributed by atoms with E-state index in [0.29, 0.717) is 49.2 Å². The van der Waals surface area contributed by atoms with Crippen LogP contribution in [0.25, 0.3) is 0 Å². The van der Waals surface area contributed by atoms with Gasteiger partial charge in [0.05, 0.1) is 54.6 Å². The van der Waals surface area contributed by atoms with Gasteiger partial charge in [0, 0.05) is 12.6 Å². The van der Waals surface area contributed by atoms with Crippen LogP contribution in [0.4, 0.5) is 5.69 Å². The maximum atomic E-state index is 12.3. The molecule has 0 aliphatic rings. The van der Waals surface area contributed by atoms with Crippen LogP contribution >= 0.6 is 11.6 Å². The van der Waals surface area contributed by atoms with Crippen molar-refractivity contribution < 1.29 is 14.3 Å². The van der Waals surface area contributed by atoms with E-state index < -0.39 is 0 Å². The molecule has 0 radical (unpaired) electrons. The normalized spacial score (nSPS) is 10.9. The minimum absolute atomic E-state index is 0.108. The van der Waals surface area contributed by atoms with Crippen molar-refractivity contribution in [2.24, 2.45) is 0 Å². The van der Waals surface area contributed by atoms with Gasteiger partial charge in [0.2, 0.25) is 5.91 Å². The van der Waals surface area contributed by atoms with Gasteiger partial charge in [-0.05, 0) is 45.4 Å². The zero-order valence-electron chi connectivity index (χ0n) is 18.3. The highest BCUT2D eigenvalue weighted by Crippen LogP contribution is 2.29. The smallest absolute Gasteiger partial charge is 0.226 e. The van der Waals surface area contributed by atoms with Gasteiger partial charge in [-0.25, -0.2) is 0 Å². The van der Waals surface area contributed by atoms with Gasteiger partial charge in [0.1, 0.15) is 0 Å². The van der Waals surface area contributed by atoms with Crippen molar-refractivity contribution in [1.29, 1.82) is 0 Å². The summed E-state index contributed by atoms with van der Waals surface area (Å²) in [6, 6.07) is 5.84. The van der Waals surface area contributed by atoms with Crippen LogP contribution in [0.5, 0.6) is 11.5 Å². The quantitative estimate of drug-likeness (QED) is 0.505. The van der Waals surface area contributed by atoms with E-state index in [1.165, 1.54) is 0 Å². The summed E-state index contributed by atoms with van der Waals surface area (Å²) in [6.07, 6.45) is 3.73. The standard InChI is InChI=1S/C22H28ClN5O3/c1-5-30-19-8-7-17(11-20(19)31-6-2)13-27-14-18(12-24-27)25-21(29)9-10-28-16(4)22(23)15(3)26-28/h7-8,11-12,14H,5-6,9-10,13H2,1-4H3,(H,25,29). The molecular formula is C22H28ClN5O3. The van der Waals surface area contributed by atoms with Crippen molar-refractivity contribution >= 4 is 23.2 Å². The van der Waals surface area contributed by atoms with Gasteiger partial charge in [-0.15, -0.1) is 0 Å². The molecule has 0 atom stereocenters. The van der Waals surface area contributed by atoms with Crippen LogP contribution in [-0.4, -0.2) is 38.7 Å². The Balaban J connectivity index is 1.58. The van der Waals surface area contributed by atoms with E-state index in [2.05, 4.69) is 15.5 Å². The number of rotatable bonds is 10. The molecule has 3 aromatic rings.